The molecule has 0 aliphatic carbocycles. The molecule has 1 amide bonds. The second-order valence-electron chi connectivity index (χ2n) is 8.05. The molecule has 0 saturated carbocycles. The molecule has 1 N–H and O–H groups in total. The molecule has 1 unspecified atom stereocenters. The van der Waals surface area contributed by atoms with Gasteiger partial charge in [-0.05, 0) is 31.2 Å². The summed E-state index contributed by atoms with van der Waals surface area (Å²) in [6.07, 6.45) is 1.76. The first-order valence-electron chi connectivity index (χ1n) is 10.4. The maximum Gasteiger partial charge on any atom is 0.241 e. The van der Waals surface area contributed by atoms with Crippen LogP contribution in [-0.2, 0) is 11.3 Å². The summed E-state index contributed by atoms with van der Waals surface area (Å²) in [6.45, 7) is 10.1. The van der Waals surface area contributed by atoms with E-state index in [1.165, 1.54) is 0 Å². The van der Waals surface area contributed by atoms with Crippen LogP contribution in [0.15, 0.2) is 41.1 Å². The van der Waals surface area contributed by atoms with E-state index in [0.717, 1.165) is 48.6 Å². The molecule has 3 heterocycles. The molecule has 0 radical (unpaired) electrons. The molecule has 0 spiro atoms. The molecule has 3 aromatic rings. The number of anilines is 1. The zero-order chi connectivity index (χ0) is 21.1. The summed E-state index contributed by atoms with van der Waals surface area (Å²) in [7, 11) is 0. The lowest BCUT2D eigenvalue weighted by Gasteiger charge is -2.36. The maximum atomic E-state index is 12.9. The minimum atomic E-state index is -0.213. The van der Waals surface area contributed by atoms with Crippen LogP contribution in [0.3, 0.4) is 0 Å². The van der Waals surface area contributed by atoms with Gasteiger partial charge in [-0.25, -0.2) is 0 Å². The summed E-state index contributed by atoms with van der Waals surface area (Å²) in [5.41, 5.74) is 1.67. The highest BCUT2D eigenvalue weighted by molar-refractivity contribution is 6.02. The van der Waals surface area contributed by atoms with Crippen LogP contribution in [0.2, 0.25) is 0 Å². The quantitative estimate of drug-likeness (QED) is 0.671. The Morgan fingerprint density at radius 1 is 1.13 bits per heavy atom. The van der Waals surface area contributed by atoms with Gasteiger partial charge in [0, 0.05) is 43.7 Å². The Labute approximate surface area is 176 Å². The summed E-state index contributed by atoms with van der Waals surface area (Å²) in [5, 5.41) is 8.06. The SMILES string of the molecule is CC(C)c1noc(CN2CCN(C(C)C(=O)Nc3cccc4ncccc34)CC2)n1. The van der Waals surface area contributed by atoms with Crippen LogP contribution >= 0.6 is 0 Å². The Bertz CT molecular complexity index is 1000. The Hall–Kier alpha value is -2.84. The van der Waals surface area contributed by atoms with Gasteiger partial charge in [0.2, 0.25) is 11.8 Å². The van der Waals surface area contributed by atoms with E-state index in [0.29, 0.717) is 12.4 Å². The molecular formula is C22H28N6O2. The zero-order valence-corrected chi connectivity index (χ0v) is 17.7. The number of aromatic nitrogens is 3. The van der Waals surface area contributed by atoms with Crippen LogP contribution in [0.25, 0.3) is 10.9 Å². The number of pyridine rings is 1. The number of piperazine rings is 1. The predicted octanol–water partition coefficient (Wildman–Crippen LogP) is 2.89. The van der Waals surface area contributed by atoms with E-state index in [1.54, 1.807) is 6.20 Å². The smallest absolute Gasteiger partial charge is 0.241 e. The van der Waals surface area contributed by atoms with Gasteiger partial charge in [0.15, 0.2) is 5.82 Å². The third-order valence-electron chi connectivity index (χ3n) is 5.60. The molecule has 2 aromatic heterocycles. The van der Waals surface area contributed by atoms with Crippen LogP contribution in [0, 0.1) is 0 Å². The summed E-state index contributed by atoms with van der Waals surface area (Å²) < 4.78 is 5.36. The monoisotopic (exact) mass is 408 g/mol. The van der Waals surface area contributed by atoms with Gasteiger partial charge in [0.25, 0.3) is 0 Å². The number of hydrogen-bond acceptors (Lipinski definition) is 7. The molecule has 30 heavy (non-hydrogen) atoms. The number of carbonyl (C=O) groups is 1. The van der Waals surface area contributed by atoms with Crippen molar-refractivity contribution in [3.8, 4) is 0 Å². The normalized spacial score (nSPS) is 16.8. The molecular weight excluding hydrogens is 380 g/mol. The van der Waals surface area contributed by atoms with Crippen molar-refractivity contribution >= 4 is 22.5 Å². The number of carbonyl (C=O) groups excluding carboxylic acids is 1. The second-order valence-corrected chi connectivity index (χ2v) is 8.05. The van der Waals surface area contributed by atoms with Gasteiger partial charge in [-0.15, -0.1) is 0 Å². The molecule has 8 nitrogen and oxygen atoms in total. The molecule has 1 fully saturated rings. The number of benzene rings is 1. The first kappa shape index (κ1) is 20.4. The maximum absolute atomic E-state index is 12.9. The van der Waals surface area contributed by atoms with Gasteiger partial charge >= 0.3 is 0 Å². The highest BCUT2D eigenvalue weighted by Crippen LogP contribution is 2.22. The lowest BCUT2D eigenvalue weighted by atomic mass is 10.1. The molecule has 158 valence electrons. The van der Waals surface area contributed by atoms with E-state index >= 15 is 0 Å². The molecule has 8 heteroatoms. The van der Waals surface area contributed by atoms with Gasteiger partial charge in [0.1, 0.15) is 0 Å². The summed E-state index contributed by atoms with van der Waals surface area (Å²) in [4.78, 5) is 26.2. The fourth-order valence-corrected chi connectivity index (χ4v) is 3.68. The van der Waals surface area contributed by atoms with E-state index in [-0.39, 0.29) is 17.9 Å². The van der Waals surface area contributed by atoms with E-state index in [2.05, 4.69) is 44.1 Å². The molecule has 1 aromatic carbocycles. The second kappa shape index (κ2) is 8.89. The number of nitrogens with one attached hydrogen (secondary N) is 1. The van der Waals surface area contributed by atoms with Gasteiger partial charge in [-0.1, -0.05) is 25.1 Å². The first-order valence-corrected chi connectivity index (χ1v) is 10.4. The first-order chi connectivity index (χ1) is 14.5. The van der Waals surface area contributed by atoms with Crippen LogP contribution in [0.4, 0.5) is 5.69 Å². The number of nitrogens with zero attached hydrogens (tertiary/aromatic N) is 5. The molecule has 1 saturated heterocycles. The molecule has 1 aliphatic rings. The standard InChI is InChI=1S/C22H28N6O2/c1-15(2)21-25-20(30-26-21)14-27-10-12-28(13-11-27)16(3)22(29)24-19-8-4-7-18-17(19)6-5-9-23-18/h4-9,15-16H,10-14H2,1-3H3,(H,24,29). The van der Waals surface area contributed by atoms with Crippen molar-refractivity contribution in [2.75, 3.05) is 31.5 Å². The Kier molecular flexibility index (Phi) is 6.06. The number of rotatable bonds is 6. The third-order valence-corrected chi connectivity index (χ3v) is 5.60. The van der Waals surface area contributed by atoms with Crippen molar-refractivity contribution in [2.24, 2.45) is 0 Å². The van der Waals surface area contributed by atoms with Crippen molar-refractivity contribution in [2.45, 2.75) is 39.3 Å². The lowest BCUT2D eigenvalue weighted by molar-refractivity contribution is -0.121. The highest BCUT2D eigenvalue weighted by Gasteiger charge is 2.26. The third kappa shape index (κ3) is 4.49. The number of amides is 1. The Morgan fingerprint density at radius 3 is 2.67 bits per heavy atom. The van der Waals surface area contributed by atoms with E-state index in [9.17, 15) is 4.79 Å². The van der Waals surface area contributed by atoms with Gasteiger partial charge < -0.3 is 9.84 Å². The van der Waals surface area contributed by atoms with Crippen LogP contribution in [0.5, 0.6) is 0 Å². The van der Waals surface area contributed by atoms with Gasteiger partial charge in [-0.2, -0.15) is 4.98 Å². The Morgan fingerprint density at radius 2 is 1.93 bits per heavy atom. The predicted molar refractivity (Wildman–Crippen MR) is 115 cm³/mol. The van der Waals surface area contributed by atoms with Crippen molar-refractivity contribution in [3.05, 3.63) is 48.2 Å². The molecule has 1 atom stereocenters. The zero-order valence-electron chi connectivity index (χ0n) is 17.7. The lowest BCUT2D eigenvalue weighted by Crippen LogP contribution is -2.52. The fraction of sp³-hybridized carbons (Fsp3) is 0.455. The molecule has 0 bridgehead atoms. The van der Waals surface area contributed by atoms with Gasteiger partial charge in [0.05, 0.1) is 23.8 Å². The summed E-state index contributed by atoms with van der Waals surface area (Å²) >= 11 is 0. The molecule has 4 rings (SSSR count). The van der Waals surface area contributed by atoms with E-state index in [1.807, 2.05) is 37.3 Å². The van der Waals surface area contributed by atoms with Crippen LogP contribution in [-0.4, -0.2) is 63.1 Å². The van der Waals surface area contributed by atoms with Crippen LogP contribution < -0.4 is 5.32 Å². The topological polar surface area (TPSA) is 87.4 Å². The average molecular weight is 409 g/mol. The van der Waals surface area contributed by atoms with Crippen molar-refractivity contribution < 1.29 is 9.32 Å². The fourth-order valence-electron chi connectivity index (χ4n) is 3.68. The van der Waals surface area contributed by atoms with Gasteiger partial charge in [-0.3, -0.25) is 19.6 Å². The number of hydrogen-bond donors (Lipinski definition) is 1. The van der Waals surface area contributed by atoms with E-state index < -0.39 is 0 Å². The molecule has 1 aliphatic heterocycles. The highest BCUT2D eigenvalue weighted by atomic mass is 16.5. The summed E-state index contributed by atoms with van der Waals surface area (Å²) in [5.74, 6) is 1.66. The van der Waals surface area contributed by atoms with Crippen LogP contribution in [0.1, 0.15) is 38.4 Å². The largest absolute Gasteiger partial charge is 0.338 e. The van der Waals surface area contributed by atoms with Crippen molar-refractivity contribution in [1.82, 2.24) is 24.9 Å². The van der Waals surface area contributed by atoms with E-state index in [4.69, 9.17) is 4.52 Å². The average Bonchev–Trinajstić information content (AvgIpc) is 3.23. The van der Waals surface area contributed by atoms with Crippen molar-refractivity contribution in [1.29, 1.82) is 0 Å². The minimum absolute atomic E-state index is 0.00159. The minimum Gasteiger partial charge on any atom is -0.338 e. The van der Waals surface area contributed by atoms with Crippen molar-refractivity contribution in [3.63, 3.8) is 0 Å². The Balaban J connectivity index is 1.32. The number of fused-ring (bicyclic) bond motifs is 1. The summed E-state index contributed by atoms with van der Waals surface area (Å²) in [6, 6.07) is 9.42.